The molecule has 0 saturated heterocycles. The van der Waals surface area contributed by atoms with Crippen LogP contribution < -0.4 is 5.32 Å². The van der Waals surface area contributed by atoms with Gasteiger partial charge in [-0.1, -0.05) is 13.8 Å². The van der Waals surface area contributed by atoms with E-state index in [0.717, 1.165) is 18.4 Å². The number of aryl methyl sites for hydroxylation is 1. The third kappa shape index (κ3) is 5.98. The van der Waals surface area contributed by atoms with Gasteiger partial charge in [-0.3, -0.25) is 4.79 Å². The number of thiazole rings is 1. The van der Waals surface area contributed by atoms with Crippen molar-refractivity contribution >= 4 is 32.4 Å². The third-order valence-corrected chi connectivity index (χ3v) is 4.74. The van der Waals surface area contributed by atoms with E-state index in [1.54, 1.807) is 0 Å². The quantitative estimate of drug-likeness (QED) is 0.829. The maximum Gasteiger partial charge on any atom is 0.241 e. The van der Waals surface area contributed by atoms with Gasteiger partial charge in [0.05, 0.1) is 18.5 Å². The van der Waals surface area contributed by atoms with Crippen LogP contribution in [-0.4, -0.2) is 43.0 Å². The van der Waals surface area contributed by atoms with E-state index in [0.29, 0.717) is 17.6 Å². The lowest BCUT2D eigenvalue weighted by Crippen LogP contribution is -2.38. The van der Waals surface area contributed by atoms with Crippen LogP contribution in [0.2, 0.25) is 0 Å². The molecule has 0 unspecified atom stereocenters. The van der Waals surface area contributed by atoms with Crippen molar-refractivity contribution in [3.05, 3.63) is 11.1 Å². The molecule has 0 fully saturated rings. The van der Waals surface area contributed by atoms with E-state index in [2.05, 4.69) is 10.3 Å². The number of aromatic nitrogens is 1. The Morgan fingerprint density at radius 1 is 1.50 bits per heavy atom. The molecule has 0 aromatic carbocycles. The minimum Gasteiger partial charge on any atom is -0.301 e. The van der Waals surface area contributed by atoms with Gasteiger partial charge in [0.2, 0.25) is 15.9 Å². The van der Waals surface area contributed by atoms with Gasteiger partial charge in [0.1, 0.15) is 0 Å². The van der Waals surface area contributed by atoms with Crippen LogP contribution in [0.1, 0.15) is 26.0 Å². The Morgan fingerprint density at radius 3 is 2.60 bits per heavy atom. The summed E-state index contributed by atoms with van der Waals surface area (Å²) in [6.45, 7) is 6.03. The Bertz CT molecular complexity index is 552. The van der Waals surface area contributed by atoms with E-state index in [-0.39, 0.29) is 12.5 Å². The normalized spacial score (nSPS) is 12.1. The molecule has 1 aromatic heterocycles. The molecule has 0 saturated carbocycles. The highest BCUT2D eigenvalue weighted by Crippen LogP contribution is 2.14. The number of carbonyl (C=O) groups is 1. The van der Waals surface area contributed by atoms with Crippen molar-refractivity contribution in [2.24, 2.45) is 5.92 Å². The summed E-state index contributed by atoms with van der Waals surface area (Å²) in [5, 5.41) is 4.93. The van der Waals surface area contributed by atoms with Gasteiger partial charge in [0.25, 0.3) is 0 Å². The van der Waals surface area contributed by atoms with Crippen LogP contribution in [0.3, 0.4) is 0 Å². The van der Waals surface area contributed by atoms with E-state index < -0.39 is 10.0 Å². The lowest BCUT2D eigenvalue weighted by molar-refractivity contribution is -0.116. The summed E-state index contributed by atoms with van der Waals surface area (Å²) in [5.74, 6) is 0.0115. The Kier molecular flexibility index (Phi) is 6.09. The molecule has 1 aromatic rings. The van der Waals surface area contributed by atoms with Crippen molar-refractivity contribution in [1.82, 2.24) is 9.29 Å². The second kappa shape index (κ2) is 7.14. The highest BCUT2D eigenvalue weighted by molar-refractivity contribution is 7.88. The van der Waals surface area contributed by atoms with Crippen LogP contribution in [-0.2, 0) is 14.8 Å². The molecule has 114 valence electrons. The average Bonchev–Trinajstić information content (AvgIpc) is 2.68. The number of sulfonamides is 1. The van der Waals surface area contributed by atoms with Crippen LogP contribution in [0.25, 0.3) is 0 Å². The first-order valence-electron chi connectivity index (χ1n) is 6.35. The summed E-state index contributed by atoms with van der Waals surface area (Å²) in [4.78, 5) is 16.0. The van der Waals surface area contributed by atoms with Gasteiger partial charge in [0, 0.05) is 11.9 Å². The van der Waals surface area contributed by atoms with Crippen molar-refractivity contribution in [2.45, 2.75) is 27.2 Å². The molecule has 20 heavy (non-hydrogen) atoms. The molecule has 1 N–H and O–H groups in total. The first kappa shape index (κ1) is 17.1. The largest absolute Gasteiger partial charge is 0.301 e. The number of nitrogens with one attached hydrogen (secondary N) is 1. The number of hydrogen-bond donors (Lipinski definition) is 1. The van der Waals surface area contributed by atoms with Crippen LogP contribution in [0.5, 0.6) is 0 Å². The lowest BCUT2D eigenvalue weighted by Gasteiger charge is -2.20. The zero-order valence-electron chi connectivity index (χ0n) is 12.2. The van der Waals surface area contributed by atoms with E-state index in [4.69, 9.17) is 0 Å². The number of hydrogen-bond acceptors (Lipinski definition) is 5. The molecule has 0 atom stereocenters. The van der Waals surface area contributed by atoms with Crippen LogP contribution in [0.4, 0.5) is 5.13 Å². The standard InChI is InChI=1S/C12H21N3O3S2/c1-9(2)5-6-15(20(4,17)18)7-11(16)14-12-13-10(3)8-19-12/h8-9H,5-7H2,1-4H3,(H,13,14,16). The van der Waals surface area contributed by atoms with Gasteiger partial charge in [0.15, 0.2) is 5.13 Å². The van der Waals surface area contributed by atoms with Crippen LogP contribution >= 0.6 is 11.3 Å². The second-order valence-electron chi connectivity index (χ2n) is 5.12. The number of rotatable bonds is 7. The van der Waals surface area contributed by atoms with Crippen molar-refractivity contribution in [3.8, 4) is 0 Å². The zero-order chi connectivity index (χ0) is 15.3. The highest BCUT2D eigenvalue weighted by Gasteiger charge is 2.20. The highest BCUT2D eigenvalue weighted by atomic mass is 32.2. The van der Waals surface area contributed by atoms with Gasteiger partial charge < -0.3 is 5.32 Å². The van der Waals surface area contributed by atoms with Gasteiger partial charge in [-0.2, -0.15) is 4.31 Å². The zero-order valence-corrected chi connectivity index (χ0v) is 13.8. The third-order valence-electron chi connectivity index (χ3n) is 2.61. The fourth-order valence-electron chi connectivity index (χ4n) is 1.49. The van der Waals surface area contributed by atoms with Crippen molar-refractivity contribution in [2.75, 3.05) is 24.7 Å². The van der Waals surface area contributed by atoms with Gasteiger partial charge in [-0.05, 0) is 19.3 Å². The summed E-state index contributed by atoms with van der Waals surface area (Å²) >= 11 is 1.32. The lowest BCUT2D eigenvalue weighted by atomic mass is 10.1. The maximum atomic E-state index is 11.9. The van der Waals surface area contributed by atoms with Gasteiger partial charge >= 0.3 is 0 Å². The Morgan fingerprint density at radius 2 is 2.15 bits per heavy atom. The second-order valence-corrected chi connectivity index (χ2v) is 7.96. The number of amides is 1. The first-order valence-corrected chi connectivity index (χ1v) is 9.08. The molecule has 0 spiro atoms. The first-order chi connectivity index (χ1) is 9.18. The van der Waals surface area contributed by atoms with Gasteiger partial charge in [-0.25, -0.2) is 13.4 Å². The Labute approximate surface area is 124 Å². The van der Waals surface area contributed by atoms with Crippen molar-refractivity contribution in [3.63, 3.8) is 0 Å². The maximum absolute atomic E-state index is 11.9. The molecular weight excluding hydrogens is 298 g/mol. The SMILES string of the molecule is Cc1csc(NC(=O)CN(CCC(C)C)S(C)(=O)=O)n1. The predicted octanol–water partition coefficient (Wildman–Crippen LogP) is 1.70. The predicted molar refractivity (Wildman–Crippen MR) is 81.4 cm³/mol. The monoisotopic (exact) mass is 319 g/mol. The molecule has 0 aliphatic carbocycles. The van der Waals surface area contributed by atoms with Crippen LogP contribution in [0, 0.1) is 12.8 Å². The molecule has 0 aliphatic heterocycles. The summed E-state index contributed by atoms with van der Waals surface area (Å²) in [6.07, 6.45) is 1.84. The fraction of sp³-hybridized carbons (Fsp3) is 0.667. The molecule has 6 nitrogen and oxygen atoms in total. The average molecular weight is 319 g/mol. The summed E-state index contributed by atoms with van der Waals surface area (Å²) < 4.78 is 24.5. The van der Waals surface area contributed by atoms with Crippen molar-refractivity contribution in [1.29, 1.82) is 0 Å². The number of nitrogens with zero attached hydrogens (tertiary/aromatic N) is 2. The number of carbonyl (C=O) groups excluding carboxylic acids is 1. The minimum atomic E-state index is -3.39. The Hall–Kier alpha value is -0.990. The molecule has 0 aliphatic rings. The summed E-state index contributed by atoms with van der Waals surface area (Å²) in [7, 11) is -3.39. The molecule has 1 rings (SSSR count). The van der Waals surface area contributed by atoms with Crippen LogP contribution in [0.15, 0.2) is 5.38 Å². The Balaban J connectivity index is 2.62. The molecular formula is C12H21N3O3S2. The fourth-order valence-corrected chi connectivity index (χ4v) is 2.99. The van der Waals surface area contributed by atoms with E-state index in [1.807, 2.05) is 26.2 Å². The molecule has 0 radical (unpaired) electrons. The van der Waals surface area contributed by atoms with E-state index >= 15 is 0 Å². The summed E-state index contributed by atoms with van der Waals surface area (Å²) in [6, 6.07) is 0. The topological polar surface area (TPSA) is 79.4 Å². The van der Waals surface area contributed by atoms with Gasteiger partial charge in [-0.15, -0.1) is 11.3 Å². The van der Waals surface area contributed by atoms with E-state index in [9.17, 15) is 13.2 Å². The molecule has 0 bridgehead atoms. The minimum absolute atomic E-state index is 0.176. The van der Waals surface area contributed by atoms with Crippen molar-refractivity contribution < 1.29 is 13.2 Å². The molecule has 8 heteroatoms. The van der Waals surface area contributed by atoms with E-state index in [1.165, 1.54) is 15.6 Å². The smallest absolute Gasteiger partial charge is 0.241 e. The molecule has 1 heterocycles. The molecule has 1 amide bonds. The summed E-state index contributed by atoms with van der Waals surface area (Å²) in [5.41, 5.74) is 0.824. The number of anilines is 1.